The average molecular weight is 847 g/mol. The zero-order valence-electron chi connectivity index (χ0n) is 37.3. The van der Waals surface area contributed by atoms with Gasteiger partial charge in [0.1, 0.15) is 19.8 Å². The molecule has 0 aromatic heterocycles. The van der Waals surface area contributed by atoms with Gasteiger partial charge >= 0.3 is 19.8 Å². The van der Waals surface area contributed by atoms with Crippen LogP contribution in [0.1, 0.15) is 136 Å². The molecule has 0 aliphatic carbocycles. The predicted molar refractivity (Wildman–Crippen MR) is 244 cm³/mol. The first-order chi connectivity index (χ1) is 28.4. The zero-order valence-corrected chi connectivity index (χ0v) is 38.2. The Balaban J connectivity index is 4.58. The topological polar surface area (TPSA) is 129 Å². The van der Waals surface area contributed by atoms with E-state index in [1.807, 2.05) is 57.6 Å². The number of carbonyl (C=O) groups excluding carboxylic acids is 2. The molecule has 0 heterocycles. The van der Waals surface area contributed by atoms with Crippen molar-refractivity contribution in [1.82, 2.24) is 0 Å². The van der Waals surface area contributed by atoms with Gasteiger partial charge in [0.15, 0.2) is 6.10 Å². The Morgan fingerprint density at radius 3 is 1.83 bits per heavy atom. The van der Waals surface area contributed by atoms with E-state index in [0.717, 1.165) is 64.2 Å². The van der Waals surface area contributed by atoms with Crippen LogP contribution < -0.4 is 0 Å². The largest absolute Gasteiger partial charge is 0.472 e. The molecule has 11 heteroatoms. The molecule has 0 saturated heterocycles. The number of likely N-dealkylation sites (N-methyl/N-ethyl adjacent to an activating group) is 1. The van der Waals surface area contributed by atoms with E-state index in [2.05, 4.69) is 68.5 Å². The third kappa shape index (κ3) is 42.8. The molecule has 0 fully saturated rings. The smallest absolute Gasteiger partial charge is 0.462 e. The molecule has 0 saturated carbocycles. The van der Waals surface area contributed by atoms with E-state index in [1.54, 1.807) is 6.08 Å². The van der Waals surface area contributed by atoms with E-state index in [4.69, 9.17) is 18.5 Å². The van der Waals surface area contributed by atoms with E-state index >= 15 is 0 Å². The Kier molecular flexibility index (Phi) is 37.0. The highest BCUT2D eigenvalue weighted by molar-refractivity contribution is 7.47. The van der Waals surface area contributed by atoms with Gasteiger partial charge in [-0.05, 0) is 77.0 Å². The van der Waals surface area contributed by atoms with Gasteiger partial charge in [0.25, 0.3) is 0 Å². The lowest BCUT2D eigenvalue weighted by molar-refractivity contribution is -0.870. The minimum Gasteiger partial charge on any atom is -0.462 e. The molecule has 3 atom stereocenters. The van der Waals surface area contributed by atoms with Crippen molar-refractivity contribution in [2.45, 2.75) is 148 Å². The average Bonchev–Trinajstić information content (AvgIpc) is 3.18. The Bertz CT molecular complexity index is 1340. The van der Waals surface area contributed by atoms with Crippen molar-refractivity contribution >= 4 is 19.8 Å². The van der Waals surface area contributed by atoms with Crippen molar-refractivity contribution in [2.24, 2.45) is 0 Å². The molecule has 0 spiro atoms. The molecule has 0 radical (unpaired) electrons. The summed E-state index contributed by atoms with van der Waals surface area (Å²) in [5.74, 6) is -0.960. The van der Waals surface area contributed by atoms with Gasteiger partial charge in [0, 0.05) is 12.8 Å². The normalized spacial score (nSPS) is 15.0. The fourth-order valence-corrected chi connectivity index (χ4v) is 5.95. The first kappa shape index (κ1) is 55.9. The molecule has 0 aliphatic heterocycles. The van der Waals surface area contributed by atoms with E-state index in [-0.39, 0.29) is 26.1 Å². The Hall–Kier alpha value is -3.11. The molecular weight excluding hydrogens is 765 g/mol. The number of phosphoric acid groups is 1. The summed E-state index contributed by atoms with van der Waals surface area (Å²) >= 11 is 0. The van der Waals surface area contributed by atoms with Crippen LogP contribution >= 0.6 is 7.82 Å². The van der Waals surface area contributed by atoms with E-state index in [9.17, 15) is 24.2 Å². The number of carbonyl (C=O) groups is 2. The van der Waals surface area contributed by atoms with Crippen molar-refractivity contribution in [3.05, 3.63) is 97.2 Å². The van der Waals surface area contributed by atoms with Gasteiger partial charge in [-0.2, -0.15) is 0 Å². The molecule has 10 nitrogen and oxygen atoms in total. The number of quaternary nitrogens is 1. The van der Waals surface area contributed by atoms with Crippen molar-refractivity contribution in [2.75, 3.05) is 47.5 Å². The van der Waals surface area contributed by atoms with E-state index in [1.165, 1.54) is 25.7 Å². The number of nitrogens with zero attached hydrogens (tertiary/aromatic N) is 1. The molecule has 0 aliphatic rings. The van der Waals surface area contributed by atoms with Gasteiger partial charge in [-0.15, -0.1) is 0 Å². The van der Waals surface area contributed by atoms with E-state index < -0.39 is 38.6 Å². The lowest BCUT2D eigenvalue weighted by Crippen LogP contribution is -2.37. The molecule has 2 N–H and O–H groups in total. The molecule has 0 rings (SSSR count). The number of ether oxygens (including phenoxy) is 2. The van der Waals surface area contributed by atoms with Crippen LogP contribution in [-0.2, 0) is 32.7 Å². The molecule has 2 unspecified atom stereocenters. The fourth-order valence-electron chi connectivity index (χ4n) is 5.21. The van der Waals surface area contributed by atoms with E-state index in [0.29, 0.717) is 30.3 Å². The maximum absolute atomic E-state index is 12.7. The van der Waals surface area contributed by atoms with Crippen LogP contribution in [0.4, 0.5) is 0 Å². The number of phosphoric ester groups is 1. The van der Waals surface area contributed by atoms with Crippen molar-refractivity contribution in [1.29, 1.82) is 0 Å². The quantitative estimate of drug-likeness (QED) is 0.0156. The summed E-state index contributed by atoms with van der Waals surface area (Å²) in [5.41, 5.74) is 0. The Morgan fingerprint density at radius 1 is 0.627 bits per heavy atom. The molecule has 336 valence electrons. The fraction of sp³-hybridized carbons (Fsp3) is 0.625. The molecule has 0 bridgehead atoms. The van der Waals surface area contributed by atoms with Crippen LogP contribution in [0.5, 0.6) is 0 Å². The van der Waals surface area contributed by atoms with Crippen LogP contribution in [-0.4, -0.2) is 86.1 Å². The lowest BCUT2D eigenvalue weighted by Gasteiger charge is -2.24. The monoisotopic (exact) mass is 847 g/mol. The number of hydrogen-bond acceptors (Lipinski definition) is 8. The molecule has 0 aromatic rings. The lowest BCUT2D eigenvalue weighted by atomic mass is 10.1. The minimum atomic E-state index is -4.42. The maximum Gasteiger partial charge on any atom is 0.472 e. The first-order valence-corrected chi connectivity index (χ1v) is 23.6. The van der Waals surface area contributed by atoms with Gasteiger partial charge in [0.2, 0.25) is 0 Å². The molecular formula is C48H81NO9P+. The highest BCUT2D eigenvalue weighted by atomic mass is 31.2. The van der Waals surface area contributed by atoms with Crippen molar-refractivity contribution < 1.29 is 47.2 Å². The molecule has 0 amide bonds. The third-order valence-electron chi connectivity index (χ3n) is 8.69. The summed E-state index contributed by atoms with van der Waals surface area (Å²) in [6.45, 7) is 4.02. The highest BCUT2D eigenvalue weighted by Crippen LogP contribution is 2.43. The Morgan fingerprint density at radius 2 is 1.20 bits per heavy atom. The molecule has 59 heavy (non-hydrogen) atoms. The number of unbranched alkanes of at least 4 members (excludes halogenated alkanes) is 8. The van der Waals surface area contributed by atoms with Gasteiger partial charge in [0.05, 0.1) is 33.9 Å². The number of allylic oxidation sites excluding steroid dienone is 14. The molecule has 0 aromatic carbocycles. The second kappa shape index (κ2) is 39.1. The maximum atomic E-state index is 12.7. The first-order valence-electron chi connectivity index (χ1n) is 22.1. The number of aliphatic hydroxyl groups excluding tert-OH is 1. The Labute approximate surface area is 358 Å². The van der Waals surface area contributed by atoms with Crippen molar-refractivity contribution in [3.63, 3.8) is 0 Å². The zero-order chi connectivity index (χ0) is 43.7. The highest BCUT2D eigenvalue weighted by Gasteiger charge is 2.27. The van der Waals surface area contributed by atoms with Crippen molar-refractivity contribution in [3.8, 4) is 0 Å². The van der Waals surface area contributed by atoms with Gasteiger partial charge in [-0.1, -0.05) is 143 Å². The van der Waals surface area contributed by atoms with Gasteiger partial charge < -0.3 is 24.0 Å². The number of aliphatic hydroxyl groups is 1. The summed E-state index contributed by atoms with van der Waals surface area (Å²) in [6, 6.07) is 0. The summed E-state index contributed by atoms with van der Waals surface area (Å²) in [6.07, 6.45) is 48.0. The van der Waals surface area contributed by atoms with Crippen LogP contribution in [0.2, 0.25) is 0 Å². The second-order valence-corrected chi connectivity index (χ2v) is 17.0. The third-order valence-corrected chi connectivity index (χ3v) is 9.68. The summed E-state index contributed by atoms with van der Waals surface area (Å²) in [4.78, 5) is 35.3. The van der Waals surface area contributed by atoms with Gasteiger partial charge in [-0.25, -0.2) is 4.57 Å². The summed E-state index contributed by atoms with van der Waals surface area (Å²) in [7, 11) is 1.37. The van der Waals surface area contributed by atoms with Crippen LogP contribution in [0, 0.1) is 0 Å². The summed E-state index contributed by atoms with van der Waals surface area (Å²) < 4.78 is 34.1. The van der Waals surface area contributed by atoms with Crippen LogP contribution in [0.3, 0.4) is 0 Å². The summed E-state index contributed by atoms with van der Waals surface area (Å²) in [5, 5.41) is 9.88. The number of rotatable bonds is 38. The second-order valence-electron chi connectivity index (χ2n) is 15.5. The predicted octanol–water partition coefficient (Wildman–Crippen LogP) is 11.5. The number of hydrogen-bond donors (Lipinski definition) is 2. The van der Waals surface area contributed by atoms with Crippen LogP contribution in [0.15, 0.2) is 97.2 Å². The van der Waals surface area contributed by atoms with Crippen LogP contribution in [0.25, 0.3) is 0 Å². The minimum absolute atomic E-state index is 0.000587. The SMILES string of the molecule is CC/C=C/CC(O)/C=C/C=C/CCCCCCCC(=O)OC[C@H](COP(=O)(O)OCC[N+](C)(C)C)OC(=O)CC/C=C\C/C=C\C/C=C\C/C=C\C/C=C\CCCCC. The number of esters is 2. The van der Waals surface area contributed by atoms with Gasteiger partial charge in [-0.3, -0.25) is 18.6 Å². The standard InChI is InChI=1S/C48H80NO9P/c1-6-8-10-11-12-13-14-15-16-17-18-19-20-21-22-25-29-32-36-40-48(52)58-46(44-57-59(53,54)56-42-41-49(3,4)5)43-55-47(51)39-35-31-28-26-23-24-27-30-34-38-45(50)37-33-9-7-2/h9,12-13,15-16,18-19,21-22,27,29-30,32-34,38,45-46,50H,6-8,10-11,14,17,20,23-26,28,31,35-37,39-44H2,1-5H3/p+1/b13-12-,16-15-,19-18-,22-21-,30-27+,32-29-,33-9+,38-34+/t45?,46-/m1/s1.